The van der Waals surface area contributed by atoms with Crippen molar-refractivity contribution in [2.45, 2.75) is 12.7 Å². The Morgan fingerprint density at radius 3 is 2.29 bits per heavy atom. The third kappa shape index (κ3) is 2.44. The van der Waals surface area contributed by atoms with Crippen LogP contribution in [0.1, 0.15) is 11.3 Å². The Hall–Kier alpha value is -1.89. The van der Waals surface area contributed by atoms with E-state index in [9.17, 15) is 13.2 Å². The van der Waals surface area contributed by atoms with Gasteiger partial charge in [-0.1, -0.05) is 17.3 Å². The summed E-state index contributed by atoms with van der Waals surface area (Å²) >= 11 is 0. The van der Waals surface area contributed by atoms with Crippen LogP contribution in [0.2, 0.25) is 0 Å². The van der Waals surface area contributed by atoms with Crippen molar-refractivity contribution in [3.8, 4) is 5.69 Å². The summed E-state index contributed by atoms with van der Waals surface area (Å²) in [7, 11) is 0. The van der Waals surface area contributed by atoms with Gasteiger partial charge in [-0.25, -0.2) is 4.68 Å². The first kappa shape index (κ1) is 11.6. The highest BCUT2D eigenvalue weighted by molar-refractivity contribution is 5.33. The Labute approximate surface area is 94.9 Å². The number of hydrogen-bond acceptors (Lipinski definition) is 3. The highest BCUT2D eigenvalue weighted by Crippen LogP contribution is 2.27. The van der Waals surface area contributed by atoms with Gasteiger partial charge in [0.15, 0.2) is 5.69 Å². The van der Waals surface area contributed by atoms with Gasteiger partial charge in [-0.05, 0) is 17.7 Å². The number of nitrogens with two attached hydrogens (primary N) is 1. The molecule has 0 atom stereocenters. The van der Waals surface area contributed by atoms with Gasteiger partial charge in [0.2, 0.25) is 0 Å². The maximum atomic E-state index is 12.3. The first-order valence-corrected chi connectivity index (χ1v) is 4.79. The van der Waals surface area contributed by atoms with Crippen molar-refractivity contribution in [1.29, 1.82) is 0 Å². The van der Waals surface area contributed by atoms with E-state index in [0.717, 1.165) is 16.4 Å². The summed E-state index contributed by atoms with van der Waals surface area (Å²) in [6.45, 7) is 0.380. The standard InChI is InChI=1S/C10H9F3N4/c11-10(12,13)9-6-17(16-15-9)8-3-1-7(5-14)2-4-8/h1-4,6H,5,14H2. The molecule has 1 aromatic heterocycles. The maximum Gasteiger partial charge on any atom is 0.436 e. The SMILES string of the molecule is NCc1ccc(-n2cc(C(F)(F)F)nn2)cc1. The second-order valence-electron chi connectivity index (χ2n) is 3.42. The third-order valence-electron chi connectivity index (χ3n) is 2.22. The Morgan fingerprint density at radius 2 is 1.82 bits per heavy atom. The zero-order valence-corrected chi connectivity index (χ0v) is 8.65. The first-order valence-electron chi connectivity index (χ1n) is 4.79. The smallest absolute Gasteiger partial charge is 0.326 e. The summed E-state index contributed by atoms with van der Waals surface area (Å²) in [4.78, 5) is 0. The molecule has 0 bridgehead atoms. The van der Waals surface area contributed by atoms with Gasteiger partial charge in [0, 0.05) is 6.54 Å². The molecule has 2 N–H and O–H groups in total. The number of benzene rings is 1. The fraction of sp³-hybridized carbons (Fsp3) is 0.200. The van der Waals surface area contributed by atoms with Crippen molar-refractivity contribution in [1.82, 2.24) is 15.0 Å². The van der Waals surface area contributed by atoms with Crippen molar-refractivity contribution < 1.29 is 13.2 Å². The summed E-state index contributed by atoms with van der Waals surface area (Å²) in [6.07, 6.45) is -3.63. The van der Waals surface area contributed by atoms with Gasteiger partial charge in [0.05, 0.1) is 11.9 Å². The molecule has 17 heavy (non-hydrogen) atoms. The van der Waals surface area contributed by atoms with Crippen molar-refractivity contribution in [2.75, 3.05) is 0 Å². The monoisotopic (exact) mass is 242 g/mol. The second-order valence-corrected chi connectivity index (χ2v) is 3.42. The van der Waals surface area contributed by atoms with Gasteiger partial charge in [-0.3, -0.25) is 0 Å². The Balaban J connectivity index is 2.30. The Morgan fingerprint density at radius 1 is 1.18 bits per heavy atom. The van der Waals surface area contributed by atoms with Crippen LogP contribution < -0.4 is 5.73 Å². The lowest BCUT2D eigenvalue weighted by molar-refractivity contribution is -0.141. The lowest BCUT2D eigenvalue weighted by Crippen LogP contribution is -2.05. The lowest BCUT2D eigenvalue weighted by atomic mass is 10.2. The summed E-state index contributed by atoms with van der Waals surface area (Å²) in [5.74, 6) is 0. The van der Waals surface area contributed by atoms with E-state index in [2.05, 4.69) is 10.3 Å². The molecule has 1 heterocycles. The average molecular weight is 242 g/mol. The molecule has 2 aromatic rings. The first-order chi connectivity index (χ1) is 8.00. The predicted octanol–water partition coefficient (Wildman–Crippen LogP) is 1.74. The zero-order valence-electron chi connectivity index (χ0n) is 8.65. The van der Waals surface area contributed by atoms with Crippen molar-refractivity contribution in [3.63, 3.8) is 0 Å². The average Bonchev–Trinajstić information content (AvgIpc) is 2.78. The Bertz CT molecular complexity index is 501. The summed E-state index contributed by atoms with van der Waals surface area (Å²) in [5, 5.41) is 6.49. The molecule has 0 fully saturated rings. The van der Waals surface area contributed by atoms with Gasteiger partial charge in [0.1, 0.15) is 0 Å². The molecule has 0 saturated heterocycles. The van der Waals surface area contributed by atoms with E-state index in [1.54, 1.807) is 24.3 Å². The number of aromatic nitrogens is 3. The minimum Gasteiger partial charge on any atom is -0.326 e. The molecular formula is C10H9F3N4. The van der Waals surface area contributed by atoms with Crippen molar-refractivity contribution in [3.05, 3.63) is 41.7 Å². The van der Waals surface area contributed by atoms with Crippen LogP contribution in [0, 0.1) is 0 Å². The van der Waals surface area contributed by atoms with Crippen LogP contribution in [0.25, 0.3) is 5.69 Å². The number of hydrogen-bond donors (Lipinski definition) is 1. The largest absolute Gasteiger partial charge is 0.436 e. The number of alkyl halides is 3. The minimum atomic E-state index is -4.48. The summed E-state index contributed by atoms with van der Waals surface area (Å²) in [5.41, 5.74) is 5.80. The second kappa shape index (κ2) is 4.17. The van der Waals surface area contributed by atoms with Crippen LogP contribution in [-0.4, -0.2) is 15.0 Å². The maximum absolute atomic E-state index is 12.3. The van der Waals surface area contributed by atoms with Gasteiger partial charge in [-0.15, -0.1) is 5.10 Å². The lowest BCUT2D eigenvalue weighted by Gasteiger charge is -2.01. The normalized spacial score (nSPS) is 11.8. The van der Waals surface area contributed by atoms with Gasteiger partial charge < -0.3 is 5.73 Å². The van der Waals surface area contributed by atoms with E-state index >= 15 is 0 Å². The molecular weight excluding hydrogens is 233 g/mol. The van der Waals surface area contributed by atoms with Crippen LogP contribution in [0.4, 0.5) is 13.2 Å². The quantitative estimate of drug-likeness (QED) is 0.872. The van der Waals surface area contributed by atoms with Gasteiger partial charge in [0.25, 0.3) is 0 Å². The molecule has 0 spiro atoms. The van der Waals surface area contributed by atoms with Crippen LogP contribution >= 0.6 is 0 Å². The molecule has 1 aromatic carbocycles. The van der Waals surface area contributed by atoms with Crippen molar-refractivity contribution >= 4 is 0 Å². The van der Waals surface area contributed by atoms with Crippen LogP contribution in [0.15, 0.2) is 30.5 Å². The number of nitrogens with zero attached hydrogens (tertiary/aromatic N) is 3. The van der Waals surface area contributed by atoms with Gasteiger partial charge >= 0.3 is 6.18 Å². The molecule has 4 nitrogen and oxygen atoms in total. The molecule has 2 rings (SSSR count). The molecule has 0 amide bonds. The highest BCUT2D eigenvalue weighted by atomic mass is 19.4. The third-order valence-corrected chi connectivity index (χ3v) is 2.22. The molecule has 0 radical (unpaired) electrons. The van der Waals surface area contributed by atoms with Crippen LogP contribution in [0.5, 0.6) is 0 Å². The minimum absolute atomic E-state index is 0.380. The van der Waals surface area contributed by atoms with E-state index < -0.39 is 11.9 Å². The van der Waals surface area contributed by atoms with Crippen LogP contribution in [-0.2, 0) is 12.7 Å². The predicted molar refractivity (Wildman–Crippen MR) is 54.3 cm³/mol. The molecule has 0 aliphatic carbocycles. The van der Waals surface area contributed by atoms with Crippen molar-refractivity contribution in [2.24, 2.45) is 5.73 Å². The molecule has 90 valence electrons. The molecule has 0 aliphatic rings. The van der Waals surface area contributed by atoms with E-state index in [1.165, 1.54) is 0 Å². The summed E-state index contributed by atoms with van der Waals surface area (Å²) in [6, 6.07) is 6.72. The highest BCUT2D eigenvalue weighted by Gasteiger charge is 2.34. The fourth-order valence-electron chi connectivity index (χ4n) is 1.30. The topological polar surface area (TPSA) is 56.7 Å². The van der Waals surface area contributed by atoms with E-state index in [-0.39, 0.29) is 0 Å². The zero-order chi connectivity index (χ0) is 12.5. The Kier molecular flexibility index (Phi) is 2.84. The fourth-order valence-corrected chi connectivity index (χ4v) is 1.30. The van der Waals surface area contributed by atoms with E-state index in [4.69, 9.17) is 5.73 Å². The molecule has 0 saturated carbocycles. The number of halogens is 3. The molecule has 0 unspecified atom stereocenters. The van der Waals surface area contributed by atoms with Crippen LogP contribution in [0.3, 0.4) is 0 Å². The number of rotatable bonds is 2. The molecule has 7 heteroatoms. The van der Waals surface area contributed by atoms with Gasteiger partial charge in [-0.2, -0.15) is 13.2 Å². The molecule has 0 aliphatic heterocycles. The summed E-state index contributed by atoms with van der Waals surface area (Å²) < 4.78 is 38.0. The van der Waals surface area contributed by atoms with E-state index in [0.29, 0.717) is 12.2 Å². The van der Waals surface area contributed by atoms with E-state index in [1.807, 2.05) is 0 Å².